The molecule has 1 N–H and O–H groups in total. The molecule has 1 heterocycles. The van der Waals surface area contributed by atoms with Crippen LogP contribution in [0.25, 0.3) is 0 Å². The van der Waals surface area contributed by atoms with Crippen molar-refractivity contribution >= 4 is 6.03 Å². The van der Waals surface area contributed by atoms with Crippen LogP contribution in [0, 0.1) is 12.3 Å². The van der Waals surface area contributed by atoms with Crippen molar-refractivity contribution in [3.05, 3.63) is 17.5 Å². The van der Waals surface area contributed by atoms with Crippen LogP contribution in [0.15, 0.2) is 10.6 Å². The highest BCUT2D eigenvalue weighted by Gasteiger charge is 2.43. The first-order chi connectivity index (χ1) is 9.88. The summed E-state index contributed by atoms with van der Waals surface area (Å²) in [5.41, 5.74) is -0.0792. The van der Waals surface area contributed by atoms with Crippen LogP contribution in [-0.2, 0) is 6.54 Å². The van der Waals surface area contributed by atoms with Gasteiger partial charge >= 0.3 is 12.2 Å². The molecule has 0 saturated carbocycles. The molecule has 1 atom stereocenters. The molecule has 1 aromatic heterocycles. The van der Waals surface area contributed by atoms with E-state index >= 15 is 0 Å². The third kappa shape index (κ3) is 5.95. The number of nitrogens with one attached hydrogen (secondary N) is 1. The number of hydrogen-bond donors (Lipinski definition) is 1. The van der Waals surface area contributed by atoms with Crippen molar-refractivity contribution in [2.45, 2.75) is 52.9 Å². The Bertz CT molecular complexity index is 506. The zero-order valence-corrected chi connectivity index (χ0v) is 13.4. The molecule has 22 heavy (non-hydrogen) atoms. The normalized spacial score (nSPS) is 13.8. The van der Waals surface area contributed by atoms with Crippen LogP contribution < -0.4 is 5.32 Å². The van der Waals surface area contributed by atoms with Gasteiger partial charge < -0.3 is 14.7 Å². The van der Waals surface area contributed by atoms with Crippen molar-refractivity contribution in [1.29, 1.82) is 0 Å². The van der Waals surface area contributed by atoms with Gasteiger partial charge in [-0.1, -0.05) is 25.9 Å². The summed E-state index contributed by atoms with van der Waals surface area (Å²) in [5.74, 6) is 0.574. The third-order valence-corrected chi connectivity index (χ3v) is 2.93. The maximum atomic E-state index is 13.0. The molecule has 126 valence electrons. The molecule has 0 radical (unpaired) electrons. The van der Waals surface area contributed by atoms with Crippen LogP contribution in [-0.4, -0.2) is 35.4 Å². The summed E-state index contributed by atoms with van der Waals surface area (Å²) in [4.78, 5) is 13.1. The maximum absolute atomic E-state index is 13.0. The molecule has 0 saturated heterocycles. The molecule has 1 aromatic rings. The highest BCUT2D eigenvalue weighted by Crippen LogP contribution is 2.30. The number of aromatic nitrogens is 1. The van der Waals surface area contributed by atoms with Crippen LogP contribution in [0.1, 0.15) is 38.6 Å². The topological polar surface area (TPSA) is 58.4 Å². The molecular formula is C14H22F3N3O2. The first-order valence-electron chi connectivity index (χ1n) is 6.89. The van der Waals surface area contributed by atoms with E-state index in [1.54, 1.807) is 33.8 Å². The summed E-state index contributed by atoms with van der Waals surface area (Å²) in [5, 5.41) is 5.75. The van der Waals surface area contributed by atoms with Crippen molar-refractivity contribution in [2.24, 2.45) is 5.41 Å². The summed E-state index contributed by atoms with van der Waals surface area (Å²) in [7, 11) is 1.41. The van der Waals surface area contributed by atoms with Gasteiger partial charge in [0.2, 0.25) is 0 Å². The molecule has 0 aromatic carbocycles. The van der Waals surface area contributed by atoms with Gasteiger partial charge in [0.1, 0.15) is 17.5 Å². The molecule has 0 aliphatic carbocycles. The van der Waals surface area contributed by atoms with Crippen molar-refractivity contribution in [3.63, 3.8) is 0 Å². The van der Waals surface area contributed by atoms with E-state index in [1.165, 1.54) is 7.05 Å². The number of urea groups is 1. The Labute approximate surface area is 127 Å². The maximum Gasteiger partial charge on any atom is 0.408 e. The standard InChI is InChI=1S/C14H22F3N3O2/c1-9-6-10(19-22-9)8-20(5)12(21)18-11(14(15,16)17)7-13(2,3)4/h6,11H,7-8H2,1-5H3,(H,18,21)/t11-/m0/s1. The lowest BCUT2D eigenvalue weighted by Gasteiger charge is -2.30. The monoisotopic (exact) mass is 321 g/mol. The highest BCUT2D eigenvalue weighted by molar-refractivity contribution is 5.74. The van der Waals surface area contributed by atoms with Gasteiger partial charge in [0.05, 0.1) is 6.54 Å². The molecule has 1 rings (SSSR count). The number of aryl methyl sites for hydroxylation is 1. The molecule has 0 aliphatic rings. The van der Waals surface area contributed by atoms with E-state index in [2.05, 4.69) is 5.16 Å². The van der Waals surface area contributed by atoms with Gasteiger partial charge in [-0.15, -0.1) is 0 Å². The first kappa shape index (κ1) is 18.3. The predicted octanol–water partition coefficient (Wildman–Crippen LogP) is 3.49. The van der Waals surface area contributed by atoms with Gasteiger partial charge in [-0.25, -0.2) is 4.79 Å². The van der Waals surface area contributed by atoms with E-state index in [1.807, 2.05) is 5.32 Å². The number of hydrogen-bond acceptors (Lipinski definition) is 3. The fourth-order valence-corrected chi connectivity index (χ4v) is 1.93. The molecule has 2 amide bonds. The summed E-state index contributed by atoms with van der Waals surface area (Å²) in [6, 6.07) is -1.06. The minimum absolute atomic E-state index is 0.0727. The zero-order valence-electron chi connectivity index (χ0n) is 13.4. The number of alkyl halides is 3. The largest absolute Gasteiger partial charge is 0.408 e. The second-order valence-corrected chi connectivity index (χ2v) is 6.59. The number of halogens is 3. The van der Waals surface area contributed by atoms with Crippen LogP contribution in [0.2, 0.25) is 0 Å². The molecular weight excluding hydrogens is 299 g/mol. The number of carbonyl (C=O) groups excluding carboxylic acids is 1. The number of amides is 2. The van der Waals surface area contributed by atoms with Gasteiger partial charge in [-0.2, -0.15) is 13.2 Å². The van der Waals surface area contributed by atoms with Crippen LogP contribution in [0.4, 0.5) is 18.0 Å². The zero-order chi connectivity index (χ0) is 17.1. The summed E-state index contributed by atoms with van der Waals surface area (Å²) < 4.78 is 44.0. The second kappa shape index (κ2) is 6.58. The minimum Gasteiger partial charge on any atom is -0.361 e. The molecule has 0 unspecified atom stereocenters. The van der Waals surface area contributed by atoms with Crippen LogP contribution in [0.5, 0.6) is 0 Å². The highest BCUT2D eigenvalue weighted by atomic mass is 19.4. The predicted molar refractivity (Wildman–Crippen MR) is 75.2 cm³/mol. The third-order valence-electron chi connectivity index (χ3n) is 2.93. The van der Waals surface area contributed by atoms with Crippen molar-refractivity contribution in [2.75, 3.05) is 7.05 Å². The smallest absolute Gasteiger partial charge is 0.361 e. The molecule has 8 heteroatoms. The summed E-state index contributed by atoms with van der Waals surface area (Å²) in [6.45, 7) is 6.85. The Morgan fingerprint density at radius 1 is 1.41 bits per heavy atom. The molecule has 0 fully saturated rings. The Morgan fingerprint density at radius 2 is 2.00 bits per heavy atom. The van der Waals surface area contributed by atoms with E-state index in [9.17, 15) is 18.0 Å². The fourth-order valence-electron chi connectivity index (χ4n) is 1.93. The Kier molecular flexibility index (Phi) is 5.48. The van der Waals surface area contributed by atoms with E-state index < -0.39 is 23.7 Å². The van der Waals surface area contributed by atoms with E-state index in [0.29, 0.717) is 11.5 Å². The number of rotatable bonds is 4. The summed E-state index contributed by atoms with van der Waals surface area (Å²) >= 11 is 0. The Morgan fingerprint density at radius 3 is 2.41 bits per heavy atom. The first-order valence-corrected chi connectivity index (χ1v) is 6.89. The van der Waals surface area contributed by atoms with Crippen molar-refractivity contribution in [3.8, 4) is 0 Å². The lowest BCUT2D eigenvalue weighted by molar-refractivity contribution is -0.159. The van der Waals surface area contributed by atoms with E-state index in [-0.39, 0.29) is 13.0 Å². The molecule has 0 bridgehead atoms. The average Bonchev–Trinajstić information content (AvgIpc) is 2.70. The van der Waals surface area contributed by atoms with Gasteiger partial charge in [-0.05, 0) is 18.8 Å². The van der Waals surface area contributed by atoms with Gasteiger partial charge in [0.25, 0.3) is 0 Å². The summed E-state index contributed by atoms with van der Waals surface area (Å²) in [6.07, 6.45) is -4.69. The Balaban J connectivity index is 2.69. The van der Waals surface area contributed by atoms with Gasteiger partial charge in [0.15, 0.2) is 0 Å². The Hall–Kier alpha value is -1.73. The number of carbonyl (C=O) groups is 1. The number of nitrogens with zero attached hydrogens (tertiary/aromatic N) is 2. The SMILES string of the molecule is Cc1cc(CN(C)C(=O)N[C@@H](CC(C)(C)C)C(F)(F)F)no1. The van der Waals surface area contributed by atoms with E-state index in [4.69, 9.17) is 4.52 Å². The fraction of sp³-hybridized carbons (Fsp3) is 0.714. The second-order valence-electron chi connectivity index (χ2n) is 6.59. The van der Waals surface area contributed by atoms with Crippen molar-refractivity contribution < 1.29 is 22.5 Å². The van der Waals surface area contributed by atoms with Crippen LogP contribution >= 0.6 is 0 Å². The van der Waals surface area contributed by atoms with Gasteiger partial charge in [0, 0.05) is 13.1 Å². The lowest BCUT2D eigenvalue weighted by atomic mass is 9.88. The molecule has 0 spiro atoms. The van der Waals surface area contributed by atoms with Gasteiger partial charge in [-0.3, -0.25) is 0 Å². The average molecular weight is 321 g/mol. The van der Waals surface area contributed by atoms with Crippen LogP contribution in [0.3, 0.4) is 0 Å². The van der Waals surface area contributed by atoms with E-state index in [0.717, 1.165) is 4.90 Å². The minimum atomic E-state index is -4.49. The quantitative estimate of drug-likeness (QED) is 0.923. The molecule has 0 aliphatic heterocycles. The van der Waals surface area contributed by atoms with Crippen molar-refractivity contribution in [1.82, 2.24) is 15.4 Å². The molecule has 5 nitrogen and oxygen atoms in total. The lowest BCUT2D eigenvalue weighted by Crippen LogP contribution is -2.51.